The summed E-state index contributed by atoms with van der Waals surface area (Å²) in [5.41, 5.74) is 1.48. The molecule has 3 nitrogen and oxygen atoms in total. The molecular formula is C15H22FNO2S. The third-order valence-electron chi connectivity index (χ3n) is 4.16. The minimum atomic E-state index is -3.03. The third-order valence-corrected chi connectivity index (χ3v) is 5.83. The van der Waals surface area contributed by atoms with Gasteiger partial charge in [0.1, 0.15) is 5.82 Å². The van der Waals surface area contributed by atoms with Crippen LogP contribution in [-0.2, 0) is 9.84 Å². The van der Waals surface area contributed by atoms with E-state index in [2.05, 4.69) is 5.32 Å². The van der Waals surface area contributed by atoms with Crippen LogP contribution in [0.25, 0.3) is 0 Å². The molecule has 0 bridgehead atoms. The highest BCUT2D eigenvalue weighted by atomic mass is 32.2. The van der Waals surface area contributed by atoms with E-state index in [1.807, 2.05) is 13.0 Å². The number of rotatable bonds is 4. The molecule has 112 valence electrons. The maximum Gasteiger partial charge on any atom is 0.151 e. The summed E-state index contributed by atoms with van der Waals surface area (Å²) in [6, 6.07) is 5.07. The van der Waals surface area contributed by atoms with Gasteiger partial charge in [0.05, 0.1) is 5.25 Å². The van der Waals surface area contributed by atoms with Crippen LogP contribution < -0.4 is 5.32 Å². The Labute approximate surface area is 120 Å². The molecule has 0 aromatic heterocycles. The molecule has 1 saturated carbocycles. The van der Waals surface area contributed by atoms with Gasteiger partial charge in [0, 0.05) is 18.3 Å². The van der Waals surface area contributed by atoms with Crippen LogP contribution >= 0.6 is 0 Å². The lowest BCUT2D eigenvalue weighted by Crippen LogP contribution is -2.41. The van der Waals surface area contributed by atoms with Gasteiger partial charge in [0.15, 0.2) is 9.84 Å². The molecule has 0 aliphatic heterocycles. The minimum absolute atomic E-state index is 0.0376. The number of aryl methyl sites for hydroxylation is 1. The van der Waals surface area contributed by atoms with E-state index in [0.29, 0.717) is 12.0 Å². The molecule has 1 aromatic carbocycles. The SMILES string of the molecule is Cc1ccc(C(C)NC2CCCC2S(C)(=O)=O)cc1F. The van der Waals surface area contributed by atoms with Crippen molar-refractivity contribution in [2.45, 2.75) is 50.4 Å². The molecule has 0 amide bonds. The molecule has 2 rings (SSSR count). The van der Waals surface area contributed by atoms with Crippen LogP contribution in [0.15, 0.2) is 18.2 Å². The van der Waals surface area contributed by atoms with E-state index in [4.69, 9.17) is 0 Å². The zero-order chi connectivity index (χ0) is 14.9. The van der Waals surface area contributed by atoms with Gasteiger partial charge in [0.25, 0.3) is 0 Å². The van der Waals surface area contributed by atoms with Crippen molar-refractivity contribution >= 4 is 9.84 Å². The smallest absolute Gasteiger partial charge is 0.151 e. The average Bonchev–Trinajstić information content (AvgIpc) is 2.80. The Balaban J connectivity index is 2.11. The first-order valence-electron chi connectivity index (χ1n) is 7.00. The highest BCUT2D eigenvalue weighted by molar-refractivity contribution is 7.91. The Morgan fingerprint density at radius 2 is 2.05 bits per heavy atom. The quantitative estimate of drug-likeness (QED) is 0.930. The maximum absolute atomic E-state index is 13.6. The lowest BCUT2D eigenvalue weighted by Gasteiger charge is -2.24. The second-order valence-corrected chi connectivity index (χ2v) is 8.07. The van der Waals surface area contributed by atoms with Crippen LogP contribution in [0.1, 0.15) is 43.4 Å². The Morgan fingerprint density at radius 3 is 2.65 bits per heavy atom. The number of halogens is 1. The topological polar surface area (TPSA) is 46.2 Å². The second-order valence-electron chi connectivity index (χ2n) is 5.80. The van der Waals surface area contributed by atoms with E-state index in [-0.39, 0.29) is 23.2 Å². The molecule has 1 aliphatic carbocycles. The first-order chi connectivity index (χ1) is 9.29. The van der Waals surface area contributed by atoms with Gasteiger partial charge in [-0.05, 0) is 43.9 Å². The van der Waals surface area contributed by atoms with E-state index in [1.54, 1.807) is 13.0 Å². The summed E-state index contributed by atoms with van der Waals surface area (Å²) in [6.07, 6.45) is 3.79. The lowest BCUT2D eigenvalue weighted by molar-refractivity contribution is 0.454. The van der Waals surface area contributed by atoms with Crippen LogP contribution in [-0.4, -0.2) is 26.0 Å². The molecule has 0 heterocycles. The average molecular weight is 299 g/mol. The third kappa shape index (κ3) is 3.38. The second kappa shape index (κ2) is 5.82. The monoisotopic (exact) mass is 299 g/mol. The van der Waals surface area contributed by atoms with Gasteiger partial charge in [-0.1, -0.05) is 18.6 Å². The van der Waals surface area contributed by atoms with Crippen molar-refractivity contribution in [1.82, 2.24) is 5.32 Å². The van der Waals surface area contributed by atoms with Gasteiger partial charge in [-0.25, -0.2) is 12.8 Å². The van der Waals surface area contributed by atoms with Gasteiger partial charge in [-0.15, -0.1) is 0 Å². The van der Waals surface area contributed by atoms with Crippen LogP contribution in [0.3, 0.4) is 0 Å². The van der Waals surface area contributed by atoms with Crippen LogP contribution in [0.2, 0.25) is 0 Å². The van der Waals surface area contributed by atoms with Crippen LogP contribution in [0.4, 0.5) is 4.39 Å². The van der Waals surface area contributed by atoms with E-state index in [0.717, 1.165) is 18.4 Å². The van der Waals surface area contributed by atoms with Crippen molar-refractivity contribution in [2.24, 2.45) is 0 Å². The predicted octanol–water partition coefficient (Wildman–Crippen LogP) is 2.75. The van der Waals surface area contributed by atoms with E-state index >= 15 is 0 Å². The van der Waals surface area contributed by atoms with Crippen molar-refractivity contribution in [3.05, 3.63) is 35.1 Å². The summed E-state index contributed by atoms with van der Waals surface area (Å²) < 4.78 is 37.1. The number of sulfone groups is 1. The highest BCUT2D eigenvalue weighted by Gasteiger charge is 2.35. The number of hydrogen-bond acceptors (Lipinski definition) is 3. The fraction of sp³-hybridized carbons (Fsp3) is 0.600. The molecule has 1 N–H and O–H groups in total. The summed E-state index contributed by atoms with van der Waals surface area (Å²) in [7, 11) is -3.03. The Hall–Kier alpha value is -0.940. The molecular weight excluding hydrogens is 277 g/mol. The molecule has 0 radical (unpaired) electrons. The molecule has 5 heteroatoms. The predicted molar refractivity (Wildman–Crippen MR) is 79.0 cm³/mol. The summed E-state index contributed by atoms with van der Waals surface area (Å²) in [5, 5.41) is 3.03. The van der Waals surface area contributed by atoms with Crippen LogP contribution in [0.5, 0.6) is 0 Å². The summed E-state index contributed by atoms with van der Waals surface area (Å²) >= 11 is 0. The first kappa shape index (κ1) is 15.4. The molecule has 1 aromatic rings. The zero-order valence-electron chi connectivity index (χ0n) is 12.2. The van der Waals surface area contributed by atoms with E-state index in [1.165, 1.54) is 12.3 Å². The Bertz CT molecular complexity index is 586. The van der Waals surface area contributed by atoms with Gasteiger partial charge < -0.3 is 5.32 Å². The van der Waals surface area contributed by atoms with Gasteiger partial charge in [-0.2, -0.15) is 0 Å². The maximum atomic E-state index is 13.6. The van der Waals surface area contributed by atoms with Crippen LogP contribution in [0, 0.1) is 12.7 Å². The van der Waals surface area contributed by atoms with Crippen molar-refractivity contribution in [2.75, 3.05) is 6.26 Å². The summed E-state index contributed by atoms with van der Waals surface area (Å²) in [4.78, 5) is 0. The largest absolute Gasteiger partial charge is 0.306 e. The normalized spacial score (nSPS) is 24.8. The van der Waals surface area contributed by atoms with Crippen molar-refractivity contribution < 1.29 is 12.8 Å². The molecule has 3 unspecified atom stereocenters. The van der Waals surface area contributed by atoms with Crippen molar-refractivity contribution in [1.29, 1.82) is 0 Å². The molecule has 0 spiro atoms. The molecule has 3 atom stereocenters. The van der Waals surface area contributed by atoms with Crippen molar-refractivity contribution in [3.63, 3.8) is 0 Å². The molecule has 1 fully saturated rings. The zero-order valence-corrected chi connectivity index (χ0v) is 13.0. The first-order valence-corrected chi connectivity index (χ1v) is 8.95. The van der Waals surface area contributed by atoms with Gasteiger partial charge in [-0.3, -0.25) is 0 Å². The lowest BCUT2D eigenvalue weighted by atomic mass is 10.0. The summed E-state index contributed by atoms with van der Waals surface area (Å²) in [6.45, 7) is 3.68. The van der Waals surface area contributed by atoms with E-state index < -0.39 is 9.84 Å². The Kier molecular flexibility index (Phi) is 4.49. The standard InChI is InChI=1S/C15H22FNO2S/c1-10-7-8-12(9-13(10)16)11(2)17-14-5-4-6-15(14)20(3,18)19/h7-9,11,14-15,17H,4-6H2,1-3H3. The highest BCUT2D eigenvalue weighted by Crippen LogP contribution is 2.27. The fourth-order valence-electron chi connectivity index (χ4n) is 2.92. The number of hydrogen-bond donors (Lipinski definition) is 1. The minimum Gasteiger partial charge on any atom is -0.306 e. The fourth-order valence-corrected chi connectivity index (χ4v) is 4.33. The Morgan fingerprint density at radius 1 is 1.35 bits per heavy atom. The van der Waals surface area contributed by atoms with Gasteiger partial charge >= 0.3 is 0 Å². The number of nitrogens with one attached hydrogen (secondary N) is 1. The molecule has 20 heavy (non-hydrogen) atoms. The van der Waals surface area contributed by atoms with Crippen molar-refractivity contribution in [3.8, 4) is 0 Å². The van der Waals surface area contributed by atoms with Gasteiger partial charge in [0.2, 0.25) is 0 Å². The summed E-state index contributed by atoms with van der Waals surface area (Å²) in [5.74, 6) is -0.220. The van der Waals surface area contributed by atoms with E-state index in [9.17, 15) is 12.8 Å². The molecule has 0 saturated heterocycles. The number of benzene rings is 1. The molecule has 1 aliphatic rings.